The molecule has 108 valence electrons. The molecule has 19 heavy (non-hydrogen) atoms. The fourth-order valence-corrected chi connectivity index (χ4v) is 2.97. The second-order valence-corrected chi connectivity index (χ2v) is 6.06. The molecule has 2 N–H and O–H groups in total. The molecule has 0 saturated carbocycles. The molecule has 1 unspecified atom stereocenters. The van der Waals surface area contributed by atoms with Gasteiger partial charge in [0.15, 0.2) is 0 Å². The van der Waals surface area contributed by atoms with E-state index in [0.717, 1.165) is 15.8 Å². The lowest BCUT2D eigenvalue weighted by atomic mass is 9.86. The van der Waals surface area contributed by atoms with Crippen LogP contribution in [-0.4, -0.2) is 7.11 Å². The monoisotopic (exact) mass is 327 g/mol. The number of aryl methyl sites for hydroxylation is 1. The Kier molecular flexibility index (Phi) is 6.87. The number of benzene rings is 1. The van der Waals surface area contributed by atoms with Crippen LogP contribution in [0.2, 0.25) is 0 Å². The standard InChI is InChI=1S/C16H26BrNO/c1-5-7-12(8-6-2)16(18)13-10-14(17)11(3)9-15(13)19-4/h9-10,12,16H,5-8,18H2,1-4H3. The van der Waals surface area contributed by atoms with Gasteiger partial charge in [-0.1, -0.05) is 42.6 Å². The number of ether oxygens (including phenoxy) is 1. The Morgan fingerprint density at radius 3 is 2.26 bits per heavy atom. The second-order valence-electron chi connectivity index (χ2n) is 5.21. The molecule has 1 atom stereocenters. The lowest BCUT2D eigenvalue weighted by molar-refractivity contribution is 0.349. The van der Waals surface area contributed by atoms with Crippen molar-refractivity contribution in [3.05, 3.63) is 27.7 Å². The van der Waals surface area contributed by atoms with Crippen LogP contribution >= 0.6 is 15.9 Å². The van der Waals surface area contributed by atoms with Gasteiger partial charge in [-0.2, -0.15) is 0 Å². The highest BCUT2D eigenvalue weighted by Gasteiger charge is 2.22. The van der Waals surface area contributed by atoms with Crippen molar-refractivity contribution in [1.82, 2.24) is 0 Å². The number of nitrogens with two attached hydrogens (primary N) is 1. The van der Waals surface area contributed by atoms with E-state index in [0.29, 0.717) is 5.92 Å². The fourth-order valence-electron chi connectivity index (χ4n) is 2.61. The molecule has 1 aromatic carbocycles. The summed E-state index contributed by atoms with van der Waals surface area (Å²) in [4.78, 5) is 0. The van der Waals surface area contributed by atoms with Crippen LogP contribution < -0.4 is 10.5 Å². The third-order valence-corrected chi connectivity index (χ3v) is 4.55. The summed E-state index contributed by atoms with van der Waals surface area (Å²) >= 11 is 3.59. The van der Waals surface area contributed by atoms with E-state index in [2.05, 4.69) is 48.8 Å². The summed E-state index contributed by atoms with van der Waals surface area (Å²) < 4.78 is 6.61. The predicted molar refractivity (Wildman–Crippen MR) is 85.7 cm³/mol. The van der Waals surface area contributed by atoms with Gasteiger partial charge in [-0.25, -0.2) is 0 Å². The zero-order chi connectivity index (χ0) is 14.4. The highest BCUT2D eigenvalue weighted by atomic mass is 79.9. The van der Waals surface area contributed by atoms with E-state index in [9.17, 15) is 0 Å². The van der Waals surface area contributed by atoms with Crippen LogP contribution in [0.15, 0.2) is 16.6 Å². The second kappa shape index (κ2) is 7.91. The Labute approximate surface area is 125 Å². The molecule has 0 heterocycles. The Hall–Kier alpha value is -0.540. The molecular formula is C16H26BrNO. The smallest absolute Gasteiger partial charge is 0.123 e. The number of hydrogen-bond acceptors (Lipinski definition) is 2. The Morgan fingerprint density at radius 1 is 1.21 bits per heavy atom. The highest BCUT2D eigenvalue weighted by molar-refractivity contribution is 9.10. The van der Waals surface area contributed by atoms with Gasteiger partial charge in [0, 0.05) is 16.1 Å². The molecule has 0 saturated heterocycles. The maximum atomic E-state index is 6.51. The first kappa shape index (κ1) is 16.5. The van der Waals surface area contributed by atoms with Gasteiger partial charge in [-0.15, -0.1) is 0 Å². The lowest BCUT2D eigenvalue weighted by Crippen LogP contribution is -2.22. The van der Waals surface area contributed by atoms with Crippen LogP contribution in [0.5, 0.6) is 5.75 Å². The van der Waals surface area contributed by atoms with E-state index in [-0.39, 0.29) is 6.04 Å². The van der Waals surface area contributed by atoms with Gasteiger partial charge < -0.3 is 10.5 Å². The van der Waals surface area contributed by atoms with Gasteiger partial charge in [0.05, 0.1) is 7.11 Å². The molecule has 3 heteroatoms. The maximum Gasteiger partial charge on any atom is 0.123 e. The molecule has 0 spiro atoms. The fraction of sp³-hybridized carbons (Fsp3) is 0.625. The van der Waals surface area contributed by atoms with Crippen LogP contribution in [0.1, 0.15) is 56.7 Å². The number of rotatable bonds is 7. The Bertz CT molecular complexity index is 400. The van der Waals surface area contributed by atoms with E-state index < -0.39 is 0 Å². The summed E-state index contributed by atoms with van der Waals surface area (Å²) in [7, 11) is 1.72. The summed E-state index contributed by atoms with van der Waals surface area (Å²) in [5, 5.41) is 0. The molecule has 0 aliphatic carbocycles. The summed E-state index contributed by atoms with van der Waals surface area (Å²) in [6.07, 6.45) is 4.69. The molecule has 2 nitrogen and oxygen atoms in total. The van der Waals surface area contributed by atoms with Gasteiger partial charge in [0.2, 0.25) is 0 Å². The summed E-state index contributed by atoms with van der Waals surface area (Å²) in [5.74, 6) is 1.43. The maximum absolute atomic E-state index is 6.51. The van der Waals surface area contributed by atoms with Gasteiger partial charge in [0.25, 0.3) is 0 Å². The normalized spacial score (nSPS) is 12.8. The first-order valence-corrected chi connectivity index (χ1v) is 7.94. The van der Waals surface area contributed by atoms with Crippen molar-refractivity contribution in [2.45, 2.75) is 52.5 Å². The van der Waals surface area contributed by atoms with Crippen molar-refractivity contribution in [1.29, 1.82) is 0 Å². The van der Waals surface area contributed by atoms with Crippen molar-refractivity contribution in [2.24, 2.45) is 11.7 Å². The van der Waals surface area contributed by atoms with E-state index in [1.54, 1.807) is 7.11 Å². The average molecular weight is 328 g/mol. The first-order chi connectivity index (χ1) is 9.04. The molecule has 0 bridgehead atoms. The molecule has 1 aromatic rings. The molecule has 0 radical (unpaired) electrons. The zero-order valence-electron chi connectivity index (χ0n) is 12.5. The van der Waals surface area contributed by atoms with Gasteiger partial charge >= 0.3 is 0 Å². The molecule has 0 aromatic heterocycles. The van der Waals surface area contributed by atoms with Crippen molar-refractivity contribution < 1.29 is 4.74 Å². The van der Waals surface area contributed by atoms with E-state index in [4.69, 9.17) is 10.5 Å². The minimum atomic E-state index is 0.0479. The largest absolute Gasteiger partial charge is 0.496 e. The third-order valence-electron chi connectivity index (χ3n) is 3.70. The lowest BCUT2D eigenvalue weighted by Gasteiger charge is -2.25. The third kappa shape index (κ3) is 4.22. The summed E-state index contributed by atoms with van der Waals surface area (Å²) in [5.41, 5.74) is 8.80. The topological polar surface area (TPSA) is 35.2 Å². The molecule has 0 aliphatic rings. The number of methoxy groups -OCH3 is 1. The van der Waals surface area contributed by atoms with Gasteiger partial charge in [-0.3, -0.25) is 0 Å². The highest BCUT2D eigenvalue weighted by Crippen LogP contribution is 2.36. The molecule has 0 fully saturated rings. The van der Waals surface area contributed by atoms with Crippen molar-refractivity contribution in [2.75, 3.05) is 7.11 Å². The first-order valence-electron chi connectivity index (χ1n) is 7.14. The number of hydrogen-bond donors (Lipinski definition) is 1. The van der Waals surface area contributed by atoms with Crippen LogP contribution in [0.4, 0.5) is 0 Å². The van der Waals surface area contributed by atoms with Crippen molar-refractivity contribution in [3.8, 4) is 5.75 Å². The van der Waals surface area contributed by atoms with Crippen LogP contribution in [0, 0.1) is 12.8 Å². The van der Waals surface area contributed by atoms with Gasteiger partial charge in [-0.05, 0) is 43.4 Å². The molecule has 0 aliphatic heterocycles. The van der Waals surface area contributed by atoms with Crippen LogP contribution in [0.3, 0.4) is 0 Å². The SMILES string of the molecule is CCCC(CCC)C(N)c1cc(Br)c(C)cc1OC. The number of halogens is 1. The van der Waals surface area contributed by atoms with E-state index in [1.807, 2.05) is 0 Å². The van der Waals surface area contributed by atoms with E-state index >= 15 is 0 Å². The Balaban J connectivity index is 3.08. The summed E-state index contributed by atoms with van der Waals surface area (Å²) in [6, 6.07) is 4.23. The van der Waals surface area contributed by atoms with Crippen LogP contribution in [0.25, 0.3) is 0 Å². The van der Waals surface area contributed by atoms with Crippen molar-refractivity contribution >= 4 is 15.9 Å². The van der Waals surface area contributed by atoms with Crippen LogP contribution in [-0.2, 0) is 0 Å². The Morgan fingerprint density at radius 2 is 1.79 bits per heavy atom. The van der Waals surface area contributed by atoms with Crippen molar-refractivity contribution in [3.63, 3.8) is 0 Å². The average Bonchev–Trinajstić information content (AvgIpc) is 2.40. The minimum Gasteiger partial charge on any atom is -0.496 e. The van der Waals surface area contributed by atoms with E-state index in [1.165, 1.54) is 31.2 Å². The predicted octanol–water partition coefficient (Wildman–Crippen LogP) is 4.98. The quantitative estimate of drug-likeness (QED) is 0.766. The summed E-state index contributed by atoms with van der Waals surface area (Å²) in [6.45, 7) is 6.51. The zero-order valence-corrected chi connectivity index (χ0v) is 14.1. The molecule has 1 rings (SSSR count). The van der Waals surface area contributed by atoms with Gasteiger partial charge in [0.1, 0.15) is 5.75 Å². The molecular weight excluding hydrogens is 302 g/mol. The molecule has 0 amide bonds. The minimum absolute atomic E-state index is 0.0479.